The summed E-state index contributed by atoms with van der Waals surface area (Å²) in [7, 11) is 0. The molecule has 8 fully saturated rings. The Morgan fingerprint density at radius 1 is 0.318 bits per heavy atom. The number of carbonyl (C=O) groups is 2. The summed E-state index contributed by atoms with van der Waals surface area (Å²) < 4.78 is 0. The second kappa shape index (κ2) is 25.7. The molecule has 0 bridgehead atoms. The Bertz CT molecular complexity index is 1270. The van der Waals surface area contributed by atoms with Crippen LogP contribution in [0.25, 0.3) is 0 Å². The maximum absolute atomic E-state index is 15.5. The Labute approximate surface area is 402 Å². The Balaban J connectivity index is 1.29. The summed E-state index contributed by atoms with van der Waals surface area (Å²) in [5.41, 5.74) is -1.23. The minimum Gasteiger partial charge on any atom is -0.481 e. The number of aliphatic carboxylic acids is 2. The van der Waals surface area contributed by atoms with E-state index < -0.39 is 17.4 Å². The van der Waals surface area contributed by atoms with Crippen LogP contribution in [0, 0.1) is 10.8 Å². The highest BCUT2D eigenvalue weighted by Gasteiger charge is 2.61. The molecule has 0 aromatic rings. The first-order valence-corrected chi connectivity index (χ1v) is 28.8. The lowest BCUT2D eigenvalue weighted by Gasteiger charge is -2.61. The van der Waals surface area contributed by atoms with Gasteiger partial charge < -0.3 is 10.2 Å². The summed E-state index contributed by atoms with van der Waals surface area (Å²) in [6.07, 6.45) is 33.7. The third-order valence-corrected chi connectivity index (χ3v) is 18.5. The molecule has 0 aromatic heterocycles. The second-order valence-electron chi connectivity index (χ2n) is 22.9. The average molecular weight is 923 g/mol. The van der Waals surface area contributed by atoms with Gasteiger partial charge in [-0.1, -0.05) is 57.8 Å². The molecule has 8 saturated heterocycles. The van der Waals surface area contributed by atoms with Crippen LogP contribution in [0.1, 0.15) is 193 Å². The van der Waals surface area contributed by atoms with Crippen LogP contribution in [-0.2, 0) is 9.59 Å². The summed E-state index contributed by atoms with van der Waals surface area (Å²) in [5.74, 6) is -1.22. The van der Waals surface area contributed by atoms with E-state index in [0.717, 1.165) is 175 Å². The third-order valence-electron chi connectivity index (χ3n) is 18.5. The van der Waals surface area contributed by atoms with E-state index in [1.165, 1.54) is 103 Å². The molecule has 0 aliphatic carbocycles. The highest BCUT2D eigenvalue weighted by atomic mass is 16.4. The van der Waals surface area contributed by atoms with Crippen molar-refractivity contribution in [2.24, 2.45) is 10.8 Å². The molecule has 12 heteroatoms. The maximum atomic E-state index is 15.5. The van der Waals surface area contributed by atoms with Crippen molar-refractivity contribution in [1.29, 1.82) is 0 Å². The standard InChI is InChI=1S/C54H98N8O4/c63-47(64)27-25-28-53(48(55-31-9-1-10-32-55)56-33-11-2-12-34-56,49(57-35-13-3-14-36-57)58-37-15-4-16-38-58)29-26-30-54(52(65)66,50(59-39-17-5-18-40-59)60-41-19-6-20-42-60)51(61-43-21-7-22-44-61)62-45-23-8-24-46-62/h48-51H,1-46H2,(H,63,64)(H,65,66). The molecule has 0 spiro atoms. The molecule has 12 nitrogen and oxygen atoms in total. The SMILES string of the molecule is O=C(O)CCCC(CCCC(C(=O)O)(C(N1CCCCC1)N1CCCCC1)C(N1CCCCC1)N1CCCCC1)(C(N1CCCCC1)N1CCCCC1)C(N1CCCCC1)N1CCCCC1. The summed E-state index contributed by atoms with van der Waals surface area (Å²) in [5, 5.41) is 23.2. The van der Waals surface area contributed by atoms with Crippen molar-refractivity contribution in [3.8, 4) is 0 Å². The molecule has 0 amide bonds. The molecule has 66 heavy (non-hydrogen) atoms. The number of hydrogen-bond acceptors (Lipinski definition) is 10. The van der Waals surface area contributed by atoms with Crippen LogP contribution < -0.4 is 0 Å². The number of hydrogen-bond donors (Lipinski definition) is 2. The van der Waals surface area contributed by atoms with E-state index in [1.54, 1.807) is 0 Å². The molecule has 8 rings (SSSR count). The minimum atomic E-state index is -0.992. The third kappa shape index (κ3) is 12.2. The fourth-order valence-corrected chi connectivity index (χ4v) is 15.8. The smallest absolute Gasteiger partial charge is 0.315 e. The van der Waals surface area contributed by atoms with Gasteiger partial charge in [0.1, 0.15) is 5.41 Å². The van der Waals surface area contributed by atoms with Crippen molar-refractivity contribution in [3.05, 3.63) is 0 Å². The van der Waals surface area contributed by atoms with Gasteiger partial charge in [-0.2, -0.15) is 0 Å². The summed E-state index contributed by atoms with van der Waals surface area (Å²) in [6, 6.07) is 0. The number of piperidine rings is 8. The zero-order chi connectivity index (χ0) is 45.6. The topological polar surface area (TPSA) is 101 Å². The van der Waals surface area contributed by atoms with E-state index in [9.17, 15) is 15.0 Å². The van der Waals surface area contributed by atoms with Gasteiger partial charge >= 0.3 is 11.9 Å². The van der Waals surface area contributed by atoms with Crippen LogP contribution in [0.4, 0.5) is 0 Å². The molecular weight excluding hydrogens is 825 g/mol. The second-order valence-corrected chi connectivity index (χ2v) is 22.9. The number of carboxylic acids is 2. The molecule has 8 heterocycles. The predicted octanol–water partition coefficient (Wildman–Crippen LogP) is 8.66. The van der Waals surface area contributed by atoms with Crippen LogP contribution in [-0.4, -0.2) is 191 Å². The van der Waals surface area contributed by atoms with Gasteiger partial charge in [-0.15, -0.1) is 0 Å². The van der Waals surface area contributed by atoms with Crippen molar-refractivity contribution < 1.29 is 19.8 Å². The van der Waals surface area contributed by atoms with E-state index in [4.69, 9.17) is 0 Å². The van der Waals surface area contributed by atoms with E-state index in [1.807, 2.05) is 0 Å². The highest BCUT2D eigenvalue weighted by Crippen LogP contribution is 2.51. The largest absolute Gasteiger partial charge is 0.481 e. The lowest BCUT2D eigenvalue weighted by atomic mass is 9.66. The lowest BCUT2D eigenvalue weighted by Crippen LogP contribution is -2.73. The molecular formula is C54H98N8O4. The van der Waals surface area contributed by atoms with Gasteiger partial charge in [0.05, 0.1) is 24.7 Å². The van der Waals surface area contributed by atoms with E-state index in [-0.39, 0.29) is 36.5 Å². The molecule has 0 atom stereocenters. The highest BCUT2D eigenvalue weighted by molar-refractivity contribution is 5.77. The Hall–Kier alpha value is -1.38. The summed E-state index contributed by atoms with van der Waals surface area (Å²) in [6.45, 7) is 16.9. The monoisotopic (exact) mass is 923 g/mol. The first-order valence-electron chi connectivity index (χ1n) is 28.8. The van der Waals surface area contributed by atoms with Crippen LogP contribution >= 0.6 is 0 Å². The number of carboxylic acid groups (broad SMARTS) is 2. The fourth-order valence-electron chi connectivity index (χ4n) is 15.8. The van der Waals surface area contributed by atoms with Gasteiger partial charge in [0.15, 0.2) is 0 Å². The Kier molecular flexibility index (Phi) is 19.8. The summed E-state index contributed by atoms with van der Waals surface area (Å²) in [4.78, 5) is 50.8. The van der Waals surface area contributed by atoms with Gasteiger partial charge in [-0.05, 0) is 233 Å². The maximum Gasteiger partial charge on any atom is 0.315 e. The van der Waals surface area contributed by atoms with Crippen molar-refractivity contribution in [2.75, 3.05) is 105 Å². The van der Waals surface area contributed by atoms with Crippen molar-refractivity contribution in [3.63, 3.8) is 0 Å². The normalized spacial score (nSPS) is 25.9. The van der Waals surface area contributed by atoms with Crippen LogP contribution in [0.3, 0.4) is 0 Å². The van der Waals surface area contributed by atoms with Gasteiger partial charge in [-0.25, -0.2) is 0 Å². The fraction of sp³-hybridized carbons (Fsp3) is 0.963. The Morgan fingerprint density at radius 2 is 0.545 bits per heavy atom. The van der Waals surface area contributed by atoms with Gasteiger partial charge in [0.2, 0.25) is 0 Å². The Morgan fingerprint density at radius 3 is 0.773 bits per heavy atom. The molecule has 2 N–H and O–H groups in total. The van der Waals surface area contributed by atoms with Crippen LogP contribution in [0.5, 0.6) is 0 Å². The first-order chi connectivity index (χ1) is 32.4. The molecule has 0 radical (unpaired) electrons. The van der Waals surface area contributed by atoms with E-state index in [0.29, 0.717) is 12.8 Å². The van der Waals surface area contributed by atoms with Gasteiger partial charge in [-0.3, -0.25) is 48.8 Å². The van der Waals surface area contributed by atoms with Gasteiger partial charge in [0, 0.05) is 11.8 Å². The van der Waals surface area contributed by atoms with Crippen molar-refractivity contribution >= 4 is 11.9 Å². The van der Waals surface area contributed by atoms with E-state index >= 15 is 4.79 Å². The molecule has 0 saturated carbocycles. The molecule has 8 aliphatic heterocycles. The first kappa shape index (κ1) is 51.0. The van der Waals surface area contributed by atoms with Gasteiger partial charge in [0.25, 0.3) is 0 Å². The summed E-state index contributed by atoms with van der Waals surface area (Å²) >= 11 is 0. The van der Waals surface area contributed by atoms with Crippen LogP contribution in [0.15, 0.2) is 0 Å². The van der Waals surface area contributed by atoms with Crippen molar-refractivity contribution in [2.45, 2.75) is 217 Å². The zero-order valence-corrected chi connectivity index (χ0v) is 42.1. The number of nitrogens with zero attached hydrogens (tertiary/aromatic N) is 8. The van der Waals surface area contributed by atoms with E-state index in [2.05, 4.69) is 39.2 Å². The molecule has 0 unspecified atom stereocenters. The number of rotatable bonds is 21. The van der Waals surface area contributed by atoms with Crippen molar-refractivity contribution in [1.82, 2.24) is 39.2 Å². The zero-order valence-electron chi connectivity index (χ0n) is 42.1. The van der Waals surface area contributed by atoms with Crippen LogP contribution in [0.2, 0.25) is 0 Å². The molecule has 378 valence electrons. The lowest BCUT2D eigenvalue weighted by molar-refractivity contribution is -0.195. The number of likely N-dealkylation sites (tertiary alicyclic amines) is 8. The minimum absolute atomic E-state index is 0.133. The predicted molar refractivity (Wildman–Crippen MR) is 266 cm³/mol. The average Bonchev–Trinajstić information content (AvgIpc) is 3.36. The molecule has 0 aromatic carbocycles. The molecule has 8 aliphatic rings. The quantitative estimate of drug-likeness (QED) is 0.115.